The number of nitrogens with two attached hydrogens (primary N) is 1. The van der Waals surface area contributed by atoms with E-state index in [0.717, 1.165) is 10.5 Å². The number of piperidine rings is 1. The Morgan fingerprint density at radius 3 is 2.52 bits per heavy atom. The maximum absolute atomic E-state index is 12.6. The molecular formula is C19H24N4O6. The number of nitrogens with one attached hydrogen (secondary N) is 2. The van der Waals surface area contributed by atoms with Gasteiger partial charge in [-0.1, -0.05) is 30.3 Å². The summed E-state index contributed by atoms with van der Waals surface area (Å²) in [7, 11) is 0. The number of nitrogens with zero attached hydrogens (tertiary/aromatic N) is 1. The van der Waals surface area contributed by atoms with Crippen molar-refractivity contribution in [2.75, 3.05) is 6.54 Å². The highest BCUT2D eigenvalue weighted by molar-refractivity contribution is 6.04. The minimum Gasteiger partial charge on any atom is -0.480 e. The first-order chi connectivity index (χ1) is 13.7. The van der Waals surface area contributed by atoms with Crippen molar-refractivity contribution in [1.29, 1.82) is 0 Å². The number of aliphatic carboxylic acids is 1. The Labute approximate surface area is 167 Å². The van der Waals surface area contributed by atoms with Gasteiger partial charge in [-0.25, -0.2) is 0 Å². The Bertz CT molecular complexity index is 797. The third-order valence-electron chi connectivity index (χ3n) is 4.51. The molecule has 0 aromatic heterocycles. The predicted molar refractivity (Wildman–Crippen MR) is 101 cm³/mol. The number of carbonyl (C=O) groups excluding carboxylic acids is 4. The average Bonchev–Trinajstić information content (AvgIpc) is 2.67. The highest BCUT2D eigenvalue weighted by Crippen LogP contribution is 2.14. The lowest BCUT2D eigenvalue weighted by molar-refractivity contribution is -0.153. The minimum absolute atomic E-state index is 0.0353. The van der Waals surface area contributed by atoms with Gasteiger partial charge in [-0.05, 0) is 25.3 Å². The van der Waals surface area contributed by atoms with Crippen LogP contribution in [0.25, 0.3) is 0 Å². The van der Waals surface area contributed by atoms with Gasteiger partial charge < -0.3 is 21.5 Å². The predicted octanol–water partition coefficient (Wildman–Crippen LogP) is -1.22. The number of carboxylic acids is 1. The van der Waals surface area contributed by atoms with Crippen molar-refractivity contribution >= 4 is 29.6 Å². The van der Waals surface area contributed by atoms with E-state index in [0.29, 0.717) is 0 Å². The first kappa shape index (κ1) is 22.0. The zero-order valence-electron chi connectivity index (χ0n) is 16.0. The molecule has 0 unspecified atom stereocenters. The quantitative estimate of drug-likeness (QED) is 0.395. The summed E-state index contributed by atoms with van der Waals surface area (Å²) >= 11 is 0. The summed E-state index contributed by atoms with van der Waals surface area (Å²) in [6.07, 6.45) is 0.350. The number of likely N-dealkylation sites (tertiary alicyclic amines) is 1. The summed E-state index contributed by atoms with van der Waals surface area (Å²) in [6.45, 7) is 0.648. The smallest absolute Gasteiger partial charge is 0.325 e. The summed E-state index contributed by atoms with van der Waals surface area (Å²) in [4.78, 5) is 60.4. The van der Waals surface area contributed by atoms with E-state index in [1.165, 1.54) is 6.92 Å². The molecule has 1 aromatic rings. The van der Waals surface area contributed by atoms with E-state index in [-0.39, 0.29) is 19.3 Å². The van der Waals surface area contributed by atoms with Crippen LogP contribution in [0.3, 0.4) is 0 Å². The molecule has 10 nitrogen and oxygen atoms in total. The minimum atomic E-state index is -1.24. The van der Waals surface area contributed by atoms with Gasteiger partial charge >= 0.3 is 5.97 Å². The maximum Gasteiger partial charge on any atom is 0.325 e. The largest absolute Gasteiger partial charge is 0.480 e. The molecule has 1 fully saturated rings. The first-order valence-corrected chi connectivity index (χ1v) is 9.15. The Hall–Kier alpha value is -3.27. The normalized spacial score (nSPS) is 18.7. The SMILES string of the molecule is C[C@H](NC(=O)CN1C(=O)CC[C@H](NC(=O)[C@@H](N)Cc2ccccc2)C1=O)C(=O)O. The Balaban J connectivity index is 1.95. The Kier molecular flexibility index (Phi) is 7.43. The second-order valence-corrected chi connectivity index (χ2v) is 6.84. The van der Waals surface area contributed by atoms with Crippen LogP contribution >= 0.6 is 0 Å². The van der Waals surface area contributed by atoms with E-state index < -0.39 is 54.3 Å². The van der Waals surface area contributed by atoms with Crippen molar-refractivity contribution < 1.29 is 29.1 Å². The lowest BCUT2D eigenvalue weighted by atomic mass is 10.0. The van der Waals surface area contributed by atoms with Crippen LogP contribution in [0, 0.1) is 0 Å². The van der Waals surface area contributed by atoms with Crippen LogP contribution in [0.4, 0.5) is 0 Å². The van der Waals surface area contributed by atoms with Crippen molar-refractivity contribution in [3.63, 3.8) is 0 Å². The van der Waals surface area contributed by atoms with Gasteiger partial charge in [0.25, 0.3) is 5.91 Å². The van der Waals surface area contributed by atoms with Crippen molar-refractivity contribution in [2.45, 2.75) is 44.3 Å². The molecule has 1 aliphatic heterocycles. The third-order valence-corrected chi connectivity index (χ3v) is 4.51. The lowest BCUT2D eigenvalue weighted by Gasteiger charge is -2.31. The van der Waals surface area contributed by atoms with Crippen LogP contribution in [0.2, 0.25) is 0 Å². The Morgan fingerprint density at radius 2 is 1.90 bits per heavy atom. The molecule has 4 amide bonds. The van der Waals surface area contributed by atoms with Gasteiger partial charge in [0.2, 0.25) is 17.7 Å². The van der Waals surface area contributed by atoms with Crippen molar-refractivity contribution in [2.24, 2.45) is 5.73 Å². The second kappa shape index (κ2) is 9.78. The van der Waals surface area contributed by atoms with Crippen LogP contribution in [0.15, 0.2) is 30.3 Å². The first-order valence-electron chi connectivity index (χ1n) is 9.15. The standard InChI is InChI=1S/C19H24N4O6/c1-11(19(28)29)21-15(24)10-23-16(25)8-7-14(18(23)27)22-17(26)13(20)9-12-5-3-2-4-6-12/h2-6,11,13-14H,7-10,20H2,1H3,(H,21,24)(H,22,26)(H,28,29)/t11-,13-,14-/m0/s1. The summed E-state index contributed by atoms with van der Waals surface area (Å²) in [6, 6.07) is 6.13. The number of carboxylic acid groups (broad SMARTS) is 1. The average molecular weight is 404 g/mol. The van der Waals surface area contributed by atoms with Crippen LogP contribution < -0.4 is 16.4 Å². The molecule has 10 heteroatoms. The van der Waals surface area contributed by atoms with Crippen molar-refractivity contribution in [3.8, 4) is 0 Å². The molecule has 0 radical (unpaired) electrons. The summed E-state index contributed by atoms with van der Waals surface area (Å²) in [5, 5.41) is 13.5. The van der Waals surface area contributed by atoms with E-state index >= 15 is 0 Å². The zero-order chi connectivity index (χ0) is 21.6. The highest BCUT2D eigenvalue weighted by Gasteiger charge is 2.37. The molecule has 1 heterocycles. The van der Waals surface area contributed by atoms with E-state index in [1.54, 1.807) is 0 Å². The maximum atomic E-state index is 12.6. The van der Waals surface area contributed by atoms with Gasteiger partial charge in [-0.15, -0.1) is 0 Å². The molecule has 1 saturated heterocycles. The van der Waals surface area contributed by atoms with Crippen LogP contribution in [0.5, 0.6) is 0 Å². The summed E-state index contributed by atoms with van der Waals surface area (Å²) in [5.41, 5.74) is 6.78. The second-order valence-electron chi connectivity index (χ2n) is 6.84. The fourth-order valence-corrected chi connectivity index (χ4v) is 2.87. The van der Waals surface area contributed by atoms with Crippen molar-refractivity contribution in [3.05, 3.63) is 35.9 Å². The van der Waals surface area contributed by atoms with E-state index in [4.69, 9.17) is 10.8 Å². The van der Waals surface area contributed by atoms with E-state index in [1.807, 2.05) is 30.3 Å². The van der Waals surface area contributed by atoms with Crippen LogP contribution in [-0.4, -0.2) is 64.3 Å². The molecular weight excluding hydrogens is 380 g/mol. The van der Waals surface area contributed by atoms with Gasteiger partial charge in [0.1, 0.15) is 18.6 Å². The number of rotatable bonds is 8. The molecule has 5 N–H and O–H groups in total. The fourth-order valence-electron chi connectivity index (χ4n) is 2.87. The molecule has 156 valence electrons. The summed E-state index contributed by atoms with van der Waals surface area (Å²) < 4.78 is 0. The zero-order valence-corrected chi connectivity index (χ0v) is 16.0. The molecule has 29 heavy (non-hydrogen) atoms. The topological polar surface area (TPSA) is 159 Å². The highest BCUT2D eigenvalue weighted by atomic mass is 16.4. The summed E-state index contributed by atoms with van der Waals surface area (Å²) in [5.74, 6) is -3.85. The molecule has 3 atom stereocenters. The number of imide groups is 1. The number of amides is 4. The number of carbonyl (C=O) groups is 5. The molecule has 2 rings (SSSR count). The van der Waals surface area contributed by atoms with Crippen LogP contribution in [-0.2, 0) is 30.4 Å². The lowest BCUT2D eigenvalue weighted by Crippen LogP contribution is -2.59. The molecule has 1 aliphatic rings. The van der Waals surface area contributed by atoms with Gasteiger partial charge in [0.15, 0.2) is 0 Å². The van der Waals surface area contributed by atoms with Crippen molar-refractivity contribution in [1.82, 2.24) is 15.5 Å². The van der Waals surface area contributed by atoms with Gasteiger partial charge in [-0.3, -0.25) is 28.9 Å². The number of hydrogen-bond donors (Lipinski definition) is 4. The fraction of sp³-hybridized carbons (Fsp3) is 0.421. The van der Waals surface area contributed by atoms with Gasteiger partial charge in [0.05, 0.1) is 6.04 Å². The molecule has 0 spiro atoms. The third kappa shape index (κ3) is 6.11. The van der Waals surface area contributed by atoms with Crippen LogP contribution in [0.1, 0.15) is 25.3 Å². The number of hydrogen-bond acceptors (Lipinski definition) is 6. The van der Waals surface area contributed by atoms with Gasteiger partial charge in [0, 0.05) is 6.42 Å². The molecule has 1 aromatic carbocycles. The van der Waals surface area contributed by atoms with E-state index in [9.17, 15) is 24.0 Å². The molecule has 0 aliphatic carbocycles. The van der Waals surface area contributed by atoms with E-state index in [2.05, 4.69) is 10.6 Å². The molecule has 0 saturated carbocycles. The Morgan fingerprint density at radius 1 is 1.24 bits per heavy atom. The monoisotopic (exact) mass is 404 g/mol. The number of benzene rings is 1. The molecule has 0 bridgehead atoms. The van der Waals surface area contributed by atoms with Gasteiger partial charge in [-0.2, -0.15) is 0 Å².